The molecule has 3 atom stereocenters. The van der Waals surface area contributed by atoms with Gasteiger partial charge in [0.25, 0.3) is 0 Å². The molecule has 118 valence electrons. The molecule has 3 heteroatoms. The van der Waals surface area contributed by atoms with Crippen LogP contribution in [0.15, 0.2) is 30.3 Å². The number of hydrogen-bond acceptors (Lipinski definition) is 3. The molecule has 0 amide bonds. The zero-order chi connectivity index (χ0) is 14.9. The summed E-state index contributed by atoms with van der Waals surface area (Å²) in [4.78, 5) is 0. The number of unbranched alkanes of at least 4 members (excludes halogenated alkanes) is 1. The average Bonchev–Trinajstić information content (AvgIpc) is 2.53. The largest absolute Gasteiger partial charge is 0.379 e. The van der Waals surface area contributed by atoms with E-state index in [9.17, 15) is 0 Å². The Labute approximate surface area is 128 Å². The van der Waals surface area contributed by atoms with Crippen molar-refractivity contribution in [2.45, 2.75) is 57.1 Å². The molecule has 2 N–H and O–H groups in total. The first kappa shape index (κ1) is 16.5. The summed E-state index contributed by atoms with van der Waals surface area (Å²) >= 11 is 0. The van der Waals surface area contributed by atoms with Crippen LogP contribution in [0.1, 0.15) is 50.5 Å². The summed E-state index contributed by atoms with van der Waals surface area (Å²) in [6, 6.07) is 10.9. The highest BCUT2D eigenvalue weighted by molar-refractivity contribution is 5.20. The van der Waals surface area contributed by atoms with E-state index in [1.165, 1.54) is 12.0 Å². The Morgan fingerprint density at radius 2 is 1.90 bits per heavy atom. The Balaban J connectivity index is 1.74. The molecule has 1 saturated carbocycles. The summed E-state index contributed by atoms with van der Waals surface area (Å²) in [5.41, 5.74) is 7.63. The van der Waals surface area contributed by atoms with Crippen molar-refractivity contribution >= 4 is 0 Å². The first-order valence-corrected chi connectivity index (χ1v) is 8.31. The quantitative estimate of drug-likeness (QED) is 0.746. The van der Waals surface area contributed by atoms with Crippen LogP contribution in [-0.2, 0) is 9.47 Å². The Kier molecular flexibility index (Phi) is 7.20. The van der Waals surface area contributed by atoms with Crippen LogP contribution in [0.25, 0.3) is 0 Å². The second kappa shape index (κ2) is 9.19. The van der Waals surface area contributed by atoms with Gasteiger partial charge in [0, 0.05) is 12.6 Å². The van der Waals surface area contributed by atoms with Gasteiger partial charge in [0.05, 0.1) is 19.3 Å². The fourth-order valence-corrected chi connectivity index (χ4v) is 2.98. The van der Waals surface area contributed by atoms with Crippen LogP contribution < -0.4 is 5.73 Å². The van der Waals surface area contributed by atoms with Crippen molar-refractivity contribution in [2.75, 3.05) is 19.8 Å². The standard InChI is InChI=1S/C18H29NO2/c1-2-3-11-20-12-13-21-18-14-16(9-10-17(18)19)15-7-5-4-6-8-15/h4-8,16-18H,2-3,9-14,19H2,1H3. The minimum atomic E-state index is 0.165. The molecular formula is C18H29NO2. The van der Waals surface area contributed by atoms with Crippen molar-refractivity contribution in [2.24, 2.45) is 5.73 Å². The van der Waals surface area contributed by atoms with Crippen LogP contribution in [-0.4, -0.2) is 32.0 Å². The Morgan fingerprint density at radius 1 is 1.10 bits per heavy atom. The van der Waals surface area contributed by atoms with E-state index in [0.717, 1.165) is 32.3 Å². The Bertz CT molecular complexity index is 382. The van der Waals surface area contributed by atoms with E-state index in [4.69, 9.17) is 15.2 Å². The van der Waals surface area contributed by atoms with Gasteiger partial charge in [-0.15, -0.1) is 0 Å². The van der Waals surface area contributed by atoms with Gasteiger partial charge in [-0.05, 0) is 37.2 Å². The third-order valence-electron chi connectivity index (χ3n) is 4.32. The molecule has 0 heterocycles. The number of nitrogens with two attached hydrogens (primary N) is 1. The Morgan fingerprint density at radius 3 is 2.67 bits per heavy atom. The first-order valence-electron chi connectivity index (χ1n) is 8.31. The SMILES string of the molecule is CCCCOCCOC1CC(c2ccccc2)CCC1N. The lowest BCUT2D eigenvalue weighted by Gasteiger charge is -2.34. The molecule has 1 aliphatic rings. The highest BCUT2D eigenvalue weighted by atomic mass is 16.5. The molecule has 3 nitrogen and oxygen atoms in total. The highest BCUT2D eigenvalue weighted by Gasteiger charge is 2.29. The van der Waals surface area contributed by atoms with Gasteiger partial charge in [-0.25, -0.2) is 0 Å². The molecule has 0 aromatic heterocycles. The van der Waals surface area contributed by atoms with Crippen LogP contribution >= 0.6 is 0 Å². The predicted molar refractivity (Wildman–Crippen MR) is 86.5 cm³/mol. The van der Waals surface area contributed by atoms with Crippen molar-refractivity contribution < 1.29 is 9.47 Å². The molecule has 0 saturated heterocycles. The molecule has 1 fully saturated rings. The van der Waals surface area contributed by atoms with Gasteiger partial charge in [-0.3, -0.25) is 0 Å². The number of hydrogen-bond donors (Lipinski definition) is 1. The van der Waals surface area contributed by atoms with Gasteiger partial charge in [-0.1, -0.05) is 43.7 Å². The predicted octanol–water partition coefficient (Wildman–Crippen LogP) is 3.48. The Hall–Kier alpha value is -0.900. The maximum Gasteiger partial charge on any atom is 0.0732 e. The average molecular weight is 291 g/mol. The van der Waals surface area contributed by atoms with Crippen molar-refractivity contribution in [3.63, 3.8) is 0 Å². The second-order valence-electron chi connectivity index (χ2n) is 5.96. The third kappa shape index (κ3) is 5.42. The monoisotopic (exact) mass is 291 g/mol. The van der Waals surface area contributed by atoms with Crippen LogP contribution in [0, 0.1) is 0 Å². The molecule has 21 heavy (non-hydrogen) atoms. The summed E-state index contributed by atoms with van der Waals surface area (Å²) in [6.07, 6.45) is 5.70. The third-order valence-corrected chi connectivity index (χ3v) is 4.32. The molecule has 0 aliphatic heterocycles. The second-order valence-corrected chi connectivity index (χ2v) is 5.96. The van der Waals surface area contributed by atoms with E-state index in [0.29, 0.717) is 19.1 Å². The molecule has 3 unspecified atom stereocenters. The maximum absolute atomic E-state index is 6.22. The summed E-state index contributed by atoms with van der Waals surface area (Å²) in [5, 5.41) is 0. The lowest BCUT2D eigenvalue weighted by molar-refractivity contribution is -0.0229. The summed E-state index contributed by atoms with van der Waals surface area (Å²) in [7, 11) is 0. The van der Waals surface area contributed by atoms with E-state index in [2.05, 4.69) is 37.3 Å². The van der Waals surface area contributed by atoms with Crippen molar-refractivity contribution in [3.05, 3.63) is 35.9 Å². The van der Waals surface area contributed by atoms with E-state index < -0.39 is 0 Å². The molecular weight excluding hydrogens is 262 g/mol. The van der Waals surface area contributed by atoms with Crippen LogP contribution in [0.3, 0.4) is 0 Å². The lowest BCUT2D eigenvalue weighted by atomic mass is 9.80. The van der Waals surface area contributed by atoms with Crippen LogP contribution in [0.5, 0.6) is 0 Å². The minimum absolute atomic E-state index is 0.165. The van der Waals surface area contributed by atoms with Gasteiger partial charge in [-0.2, -0.15) is 0 Å². The van der Waals surface area contributed by atoms with E-state index in [-0.39, 0.29) is 12.1 Å². The molecule has 0 spiro atoms. The van der Waals surface area contributed by atoms with Gasteiger partial charge >= 0.3 is 0 Å². The van der Waals surface area contributed by atoms with Gasteiger partial charge in [0.15, 0.2) is 0 Å². The zero-order valence-corrected chi connectivity index (χ0v) is 13.2. The number of ether oxygens (including phenoxy) is 2. The van der Waals surface area contributed by atoms with Gasteiger partial charge in [0.1, 0.15) is 0 Å². The van der Waals surface area contributed by atoms with Crippen molar-refractivity contribution in [1.29, 1.82) is 0 Å². The topological polar surface area (TPSA) is 44.5 Å². The molecule has 2 rings (SSSR count). The zero-order valence-electron chi connectivity index (χ0n) is 13.2. The molecule has 0 bridgehead atoms. The molecule has 0 radical (unpaired) electrons. The summed E-state index contributed by atoms with van der Waals surface area (Å²) in [6.45, 7) is 4.34. The van der Waals surface area contributed by atoms with Crippen LogP contribution in [0.4, 0.5) is 0 Å². The van der Waals surface area contributed by atoms with Crippen molar-refractivity contribution in [1.82, 2.24) is 0 Å². The highest BCUT2D eigenvalue weighted by Crippen LogP contribution is 2.33. The lowest BCUT2D eigenvalue weighted by Crippen LogP contribution is -2.42. The van der Waals surface area contributed by atoms with Crippen LogP contribution in [0.2, 0.25) is 0 Å². The fourth-order valence-electron chi connectivity index (χ4n) is 2.98. The molecule has 1 aromatic rings. The van der Waals surface area contributed by atoms with Gasteiger partial charge < -0.3 is 15.2 Å². The first-order chi connectivity index (χ1) is 10.3. The van der Waals surface area contributed by atoms with E-state index in [1.54, 1.807) is 0 Å². The minimum Gasteiger partial charge on any atom is -0.379 e. The van der Waals surface area contributed by atoms with Crippen molar-refractivity contribution in [3.8, 4) is 0 Å². The number of rotatable bonds is 8. The summed E-state index contributed by atoms with van der Waals surface area (Å²) in [5.74, 6) is 0.581. The maximum atomic E-state index is 6.22. The van der Waals surface area contributed by atoms with Gasteiger partial charge in [0.2, 0.25) is 0 Å². The van der Waals surface area contributed by atoms with E-state index in [1.807, 2.05) is 0 Å². The molecule has 1 aliphatic carbocycles. The van der Waals surface area contributed by atoms with E-state index >= 15 is 0 Å². The smallest absolute Gasteiger partial charge is 0.0732 e. The normalized spacial score (nSPS) is 25.9. The fraction of sp³-hybridized carbons (Fsp3) is 0.667. The molecule has 1 aromatic carbocycles. The summed E-state index contributed by atoms with van der Waals surface area (Å²) < 4.78 is 11.5. The number of benzene rings is 1.